The normalized spacial score (nSPS) is 43.4. The lowest BCUT2D eigenvalue weighted by Gasteiger charge is -2.72. The zero-order valence-electron chi connectivity index (χ0n) is 29.7. The van der Waals surface area contributed by atoms with Gasteiger partial charge in [-0.25, -0.2) is 23.5 Å². The van der Waals surface area contributed by atoms with Crippen molar-refractivity contribution in [1.82, 2.24) is 13.9 Å². The van der Waals surface area contributed by atoms with E-state index in [0.29, 0.717) is 18.4 Å². The number of nitrogens with zero attached hydrogens (tertiary/aromatic N) is 3. The third-order valence-corrected chi connectivity index (χ3v) is 15.6. The van der Waals surface area contributed by atoms with Crippen LogP contribution >= 0.6 is 0 Å². The molecule has 0 bridgehead atoms. The van der Waals surface area contributed by atoms with Crippen molar-refractivity contribution >= 4 is 11.9 Å². The summed E-state index contributed by atoms with van der Waals surface area (Å²) in [5, 5.41) is 0. The molecule has 46 heavy (non-hydrogen) atoms. The molecule has 5 aliphatic carbocycles. The number of fused-ring (bicyclic) bond motifs is 7. The van der Waals surface area contributed by atoms with E-state index < -0.39 is 5.54 Å². The predicted octanol–water partition coefficient (Wildman–Crippen LogP) is 5.89. The average Bonchev–Trinajstić information content (AvgIpc) is 3.43. The first kappa shape index (κ1) is 32.0. The fourth-order valence-corrected chi connectivity index (χ4v) is 13.3. The summed E-state index contributed by atoms with van der Waals surface area (Å²) < 4.78 is 16.9. The highest BCUT2D eigenvalue weighted by Crippen LogP contribution is 2.79. The number of aromatic nitrogens is 3. The van der Waals surface area contributed by atoms with Crippen molar-refractivity contribution < 1.29 is 19.1 Å². The van der Waals surface area contributed by atoms with Crippen molar-refractivity contribution in [3.63, 3.8) is 0 Å². The molecule has 2 heterocycles. The van der Waals surface area contributed by atoms with E-state index in [4.69, 9.17) is 9.47 Å². The summed E-state index contributed by atoms with van der Waals surface area (Å²) in [6, 6.07) is -0.230. The van der Waals surface area contributed by atoms with Gasteiger partial charge < -0.3 is 9.47 Å². The predicted molar refractivity (Wildman–Crippen MR) is 174 cm³/mol. The third-order valence-electron chi connectivity index (χ3n) is 15.6. The monoisotopic (exact) mass is 637 g/mol. The van der Waals surface area contributed by atoms with E-state index in [1.165, 1.54) is 29.6 Å². The van der Waals surface area contributed by atoms with Gasteiger partial charge in [-0.1, -0.05) is 48.5 Å². The summed E-state index contributed by atoms with van der Waals surface area (Å²) in [4.78, 5) is 52.9. The largest absolute Gasteiger partial charge is 0.465 e. The van der Waals surface area contributed by atoms with Crippen LogP contribution < -0.4 is 11.4 Å². The molecule has 0 spiro atoms. The maximum absolute atomic E-state index is 14.3. The molecule has 0 aromatic carbocycles. The highest BCUT2D eigenvalue weighted by Gasteiger charge is 2.73. The van der Waals surface area contributed by atoms with Gasteiger partial charge in [-0.2, -0.15) is 0 Å². The van der Waals surface area contributed by atoms with Crippen LogP contribution in [-0.4, -0.2) is 38.6 Å². The number of rotatable bonds is 4. The zero-order valence-corrected chi connectivity index (χ0v) is 29.7. The number of allylic oxidation sites excluding steroid dienone is 1. The lowest BCUT2D eigenvalue weighted by atomic mass is 9.33. The van der Waals surface area contributed by atoms with Crippen molar-refractivity contribution in [1.29, 1.82) is 0 Å². The van der Waals surface area contributed by atoms with E-state index in [0.717, 1.165) is 57.8 Å². The second kappa shape index (κ2) is 9.52. The summed E-state index contributed by atoms with van der Waals surface area (Å²) in [7, 11) is 1.62. The fraction of sp³-hybridized carbons (Fsp3) is 0.838. The minimum atomic E-state index is -0.639. The molecule has 0 amide bonds. The van der Waals surface area contributed by atoms with Gasteiger partial charge in [0, 0.05) is 31.7 Å². The lowest BCUT2D eigenvalue weighted by molar-refractivity contribution is -0.218. The summed E-state index contributed by atoms with van der Waals surface area (Å²) in [5.74, 6) is 0.252. The average molecular weight is 638 g/mol. The van der Waals surface area contributed by atoms with Crippen LogP contribution in [0.5, 0.6) is 0 Å². The van der Waals surface area contributed by atoms with Gasteiger partial charge in [0.1, 0.15) is 12.7 Å². The topological polar surface area (TPSA) is 102 Å². The highest BCUT2D eigenvalue weighted by molar-refractivity contribution is 5.66. The standard InChI is InChI=1S/C37H55N3O6/c1-21(2)37-18-17-36(20-45-22(3)41)16-15-35(9)28(29(36)37)24(39-30(43)38(10)31(44)40(37)39)19-26-33(7)13-12-27(46-23(4)42)32(5,6)25(33)11-14-34(26,35)8/h21,24-27H,11-20H2,1-10H3/t24-,25?,26?,27-,33-,34+,35+,36-,37-/m0/s1. The summed E-state index contributed by atoms with van der Waals surface area (Å²) in [6.07, 6.45) is 8.09. The molecule has 0 radical (unpaired) electrons. The van der Waals surface area contributed by atoms with Gasteiger partial charge in [0.2, 0.25) is 0 Å². The van der Waals surface area contributed by atoms with Crippen LogP contribution in [0.1, 0.15) is 126 Å². The molecule has 4 fully saturated rings. The number of hydrogen-bond donors (Lipinski definition) is 0. The minimum Gasteiger partial charge on any atom is -0.465 e. The van der Waals surface area contributed by atoms with Crippen molar-refractivity contribution in [2.24, 2.45) is 51.9 Å². The van der Waals surface area contributed by atoms with E-state index in [9.17, 15) is 19.2 Å². The molecule has 0 saturated heterocycles. The molecule has 254 valence electrons. The van der Waals surface area contributed by atoms with Gasteiger partial charge in [-0.05, 0) is 103 Å². The van der Waals surface area contributed by atoms with Gasteiger partial charge in [0.25, 0.3) is 0 Å². The Hall–Kier alpha value is -2.58. The summed E-state index contributed by atoms with van der Waals surface area (Å²) in [6.45, 7) is 19.8. The van der Waals surface area contributed by atoms with Crippen molar-refractivity contribution in [3.05, 3.63) is 32.1 Å². The SMILES string of the molecule is CC(=O)OC[C@]12CC[C@]3(C(C)C)C1=C1[C@H](CC4[C@@]5(C)CC[C@H](OC(C)=O)C(C)(C)C5CC[C@@]4(C)[C@]1(C)CC2)n1c(=O)n(C)c(=O)n13. The maximum Gasteiger partial charge on any atom is 0.347 e. The Kier molecular flexibility index (Phi) is 6.62. The van der Waals surface area contributed by atoms with E-state index in [1.54, 1.807) is 7.05 Å². The Bertz CT molecular complexity index is 1680. The van der Waals surface area contributed by atoms with Crippen molar-refractivity contribution in [3.8, 4) is 0 Å². The maximum atomic E-state index is 14.3. The van der Waals surface area contributed by atoms with Gasteiger partial charge in [-0.3, -0.25) is 9.59 Å². The third kappa shape index (κ3) is 3.53. The Morgan fingerprint density at radius 3 is 2.17 bits per heavy atom. The highest BCUT2D eigenvalue weighted by atomic mass is 16.5. The summed E-state index contributed by atoms with van der Waals surface area (Å²) in [5.41, 5.74) is 0.812. The number of esters is 2. The van der Waals surface area contributed by atoms with E-state index in [2.05, 4.69) is 48.5 Å². The Morgan fingerprint density at radius 2 is 1.54 bits per heavy atom. The lowest BCUT2D eigenvalue weighted by Crippen LogP contribution is -2.67. The van der Waals surface area contributed by atoms with Crippen LogP contribution in [0.3, 0.4) is 0 Å². The first-order valence-electron chi connectivity index (χ1n) is 17.8. The van der Waals surface area contributed by atoms with Gasteiger partial charge >= 0.3 is 23.3 Å². The van der Waals surface area contributed by atoms with Crippen molar-refractivity contribution in [2.75, 3.05) is 6.61 Å². The second-order valence-corrected chi connectivity index (χ2v) is 17.8. The van der Waals surface area contributed by atoms with Gasteiger partial charge in [0.15, 0.2) is 0 Å². The molecule has 1 aromatic heterocycles. The van der Waals surface area contributed by atoms with Crippen LogP contribution in [0, 0.1) is 44.8 Å². The van der Waals surface area contributed by atoms with E-state index >= 15 is 0 Å². The number of carbonyl (C=O) groups is 2. The molecule has 9 atom stereocenters. The molecule has 7 rings (SSSR count). The molecule has 9 heteroatoms. The smallest absolute Gasteiger partial charge is 0.347 e. The Labute approximate surface area is 273 Å². The molecule has 2 unspecified atom stereocenters. The Balaban J connectivity index is 1.48. The number of hydrogen-bond acceptors (Lipinski definition) is 6. The minimum absolute atomic E-state index is 0.0234. The van der Waals surface area contributed by atoms with E-state index in [1.807, 2.05) is 9.36 Å². The molecule has 1 aliphatic heterocycles. The zero-order chi connectivity index (χ0) is 33.6. The Morgan fingerprint density at radius 1 is 0.870 bits per heavy atom. The second-order valence-electron chi connectivity index (χ2n) is 17.8. The molecule has 0 N–H and O–H groups in total. The molecule has 1 aromatic rings. The van der Waals surface area contributed by atoms with Crippen LogP contribution in [0.4, 0.5) is 0 Å². The van der Waals surface area contributed by atoms with Crippen LogP contribution in [0.2, 0.25) is 0 Å². The molecule has 9 nitrogen and oxygen atoms in total. The number of ether oxygens (including phenoxy) is 2. The molecular formula is C37H55N3O6. The van der Waals surface area contributed by atoms with Crippen LogP contribution in [0.25, 0.3) is 0 Å². The quantitative estimate of drug-likeness (QED) is 0.302. The molecule has 6 aliphatic rings. The van der Waals surface area contributed by atoms with Crippen LogP contribution in [-0.2, 0) is 31.6 Å². The van der Waals surface area contributed by atoms with E-state index in [-0.39, 0.29) is 68.5 Å². The first-order valence-corrected chi connectivity index (χ1v) is 17.8. The first-order chi connectivity index (χ1) is 21.3. The van der Waals surface area contributed by atoms with Gasteiger partial charge in [-0.15, -0.1) is 0 Å². The van der Waals surface area contributed by atoms with Crippen LogP contribution in [0.15, 0.2) is 20.7 Å². The summed E-state index contributed by atoms with van der Waals surface area (Å²) >= 11 is 0. The molecular weight excluding hydrogens is 582 g/mol. The number of carbonyl (C=O) groups excluding carboxylic acids is 2. The van der Waals surface area contributed by atoms with Crippen molar-refractivity contribution in [2.45, 2.75) is 138 Å². The van der Waals surface area contributed by atoms with Gasteiger partial charge in [0.05, 0.1) is 11.6 Å². The fourth-order valence-electron chi connectivity index (χ4n) is 13.3. The molecule has 4 saturated carbocycles.